The average Bonchev–Trinajstić information content (AvgIpc) is 2.95. The van der Waals surface area contributed by atoms with Crippen molar-refractivity contribution in [3.05, 3.63) is 52.3 Å². The molecule has 0 saturated carbocycles. The summed E-state index contributed by atoms with van der Waals surface area (Å²) in [6.45, 7) is 0.838. The molecule has 1 aromatic carbocycles. The van der Waals surface area contributed by atoms with E-state index in [-0.39, 0.29) is 6.61 Å². The number of methoxy groups -OCH3 is 1. The third-order valence-electron chi connectivity index (χ3n) is 2.90. The van der Waals surface area contributed by atoms with Crippen molar-refractivity contribution in [1.29, 1.82) is 0 Å². The van der Waals surface area contributed by atoms with Crippen LogP contribution in [0.25, 0.3) is 10.2 Å². The van der Waals surface area contributed by atoms with Crippen molar-refractivity contribution in [3.63, 3.8) is 0 Å². The molecule has 0 saturated heterocycles. The van der Waals surface area contributed by atoms with E-state index in [0.717, 1.165) is 21.5 Å². The van der Waals surface area contributed by atoms with E-state index in [0.29, 0.717) is 17.6 Å². The normalized spacial score (nSPS) is 11.0. The highest BCUT2D eigenvalue weighted by Crippen LogP contribution is 2.25. The van der Waals surface area contributed by atoms with Gasteiger partial charge in [0.05, 0.1) is 6.61 Å². The average molecular weight is 321 g/mol. The van der Waals surface area contributed by atoms with Crippen LogP contribution in [0.4, 0.5) is 0 Å². The Balaban J connectivity index is 1.75. The van der Waals surface area contributed by atoms with E-state index in [1.807, 2.05) is 35.7 Å². The Labute approximate surface area is 131 Å². The van der Waals surface area contributed by atoms with Crippen LogP contribution in [0.2, 0.25) is 5.15 Å². The van der Waals surface area contributed by atoms with Gasteiger partial charge in [-0.3, -0.25) is 0 Å². The predicted octanol–water partition coefficient (Wildman–Crippen LogP) is 4.07. The van der Waals surface area contributed by atoms with Crippen LogP contribution in [0.1, 0.15) is 11.4 Å². The van der Waals surface area contributed by atoms with Crippen LogP contribution in [0.5, 0.6) is 5.75 Å². The lowest BCUT2D eigenvalue weighted by Gasteiger charge is -2.07. The summed E-state index contributed by atoms with van der Waals surface area (Å²) in [6.07, 6.45) is 0. The Morgan fingerprint density at radius 2 is 2.10 bits per heavy atom. The van der Waals surface area contributed by atoms with Crippen LogP contribution in [0, 0.1) is 0 Å². The third-order valence-corrected chi connectivity index (χ3v) is 4.00. The van der Waals surface area contributed by atoms with E-state index in [4.69, 9.17) is 21.1 Å². The van der Waals surface area contributed by atoms with Gasteiger partial charge in [0.15, 0.2) is 5.82 Å². The second-order valence-corrected chi connectivity index (χ2v) is 5.69. The Hall–Kier alpha value is -1.69. The van der Waals surface area contributed by atoms with Crippen molar-refractivity contribution >= 4 is 33.2 Å². The molecule has 2 aromatic heterocycles. The van der Waals surface area contributed by atoms with E-state index < -0.39 is 0 Å². The summed E-state index contributed by atoms with van der Waals surface area (Å²) in [5.74, 6) is 1.34. The maximum atomic E-state index is 6.14. The zero-order valence-corrected chi connectivity index (χ0v) is 12.9. The van der Waals surface area contributed by atoms with Gasteiger partial charge in [0.1, 0.15) is 22.3 Å². The summed E-state index contributed by atoms with van der Waals surface area (Å²) < 4.78 is 10.8. The molecule has 108 valence electrons. The van der Waals surface area contributed by atoms with Gasteiger partial charge < -0.3 is 9.47 Å². The highest BCUT2D eigenvalue weighted by Gasteiger charge is 2.07. The number of ether oxygens (including phenoxy) is 2. The highest BCUT2D eigenvalue weighted by atomic mass is 35.5. The first kappa shape index (κ1) is 14.3. The molecular formula is C15H13ClN2O2S. The lowest BCUT2D eigenvalue weighted by atomic mass is 10.2. The van der Waals surface area contributed by atoms with Crippen molar-refractivity contribution in [2.75, 3.05) is 7.11 Å². The van der Waals surface area contributed by atoms with E-state index in [9.17, 15) is 0 Å². The molecular weight excluding hydrogens is 308 g/mol. The molecule has 0 aliphatic rings. The molecule has 0 atom stereocenters. The van der Waals surface area contributed by atoms with Gasteiger partial charge in [-0.05, 0) is 29.1 Å². The second kappa shape index (κ2) is 6.39. The number of benzene rings is 1. The van der Waals surface area contributed by atoms with Gasteiger partial charge in [-0.1, -0.05) is 23.7 Å². The van der Waals surface area contributed by atoms with Gasteiger partial charge in [0.2, 0.25) is 0 Å². The molecule has 0 bridgehead atoms. The van der Waals surface area contributed by atoms with Crippen LogP contribution in [0.3, 0.4) is 0 Å². The van der Waals surface area contributed by atoms with E-state index in [2.05, 4.69) is 9.97 Å². The molecule has 0 aliphatic heterocycles. The van der Waals surface area contributed by atoms with Crippen molar-refractivity contribution in [2.45, 2.75) is 13.2 Å². The van der Waals surface area contributed by atoms with Gasteiger partial charge in [-0.15, -0.1) is 11.3 Å². The Kier molecular flexibility index (Phi) is 4.34. The molecule has 21 heavy (non-hydrogen) atoms. The van der Waals surface area contributed by atoms with E-state index in [1.54, 1.807) is 7.11 Å². The largest absolute Gasteiger partial charge is 0.486 e. The first-order chi connectivity index (χ1) is 10.3. The Bertz CT molecular complexity index is 760. The van der Waals surface area contributed by atoms with Crippen LogP contribution in [-0.4, -0.2) is 17.1 Å². The zero-order chi connectivity index (χ0) is 14.7. The molecule has 0 amide bonds. The number of hydrogen-bond donors (Lipinski definition) is 0. The number of nitrogens with zero attached hydrogens (tertiary/aromatic N) is 2. The fraction of sp³-hybridized carbons (Fsp3) is 0.200. The maximum Gasteiger partial charge on any atom is 0.169 e. The molecule has 0 unspecified atom stereocenters. The smallest absolute Gasteiger partial charge is 0.169 e. The number of halogens is 1. The summed E-state index contributed by atoms with van der Waals surface area (Å²) in [5, 5.41) is 3.30. The predicted molar refractivity (Wildman–Crippen MR) is 83.9 cm³/mol. The molecule has 4 nitrogen and oxygen atoms in total. The number of thiophene rings is 1. The van der Waals surface area contributed by atoms with Crippen molar-refractivity contribution in [3.8, 4) is 5.75 Å². The summed E-state index contributed by atoms with van der Waals surface area (Å²) in [7, 11) is 1.67. The molecule has 0 radical (unpaired) electrons. The van der Waals surface area contributed by atoms with Crippen LogP contribution in [-0.2, 0) is 18.0 Å². The first-order valence-electron chi connectivity index (χ1n) is 6.36. The van der Waals surface area contributed by atoms with Crippen LogP contribution < -0.4 is 4.74 Å². The van der Waals surface area contributed by atoms with E-state index in [1.165, 1.54) is 11.3 Å². The van der Waals surface area contributed by atoms with Crippen molar-refractivity contribution in [2.24, 2.45) is 0 Å². The zero-order valence-electron chi connectivity index (χ0n) is 11.4. The van der Waals surface area contributed by atoms with Crippen molar-refractivity contribution in [1.82, 2.24) is 9.97 Å². The number of aromatic nitrogens is 2. The molecule has 0 spiro atoms. The van der Waals surface area contributed by atoms with Gasteiger partial charge in [-0.2, -0.15) is 0 Å². The summed E-state index contributed by atoms with van der Waals surface area (Å²) in [6, 6.07) is 9.67. The molecule has 3 aromatic rings. The number of rotatable bonds is 5. The molecule has 2 heterocycles. The quantitative estimate of drug-likeness (QED) is 0.665. The monoisotopic (exact) mass is 320 g/mol. The van der Waals surface area contributed by atoms with Gasteiger partial charge in [0.25, 0.3) is 0 Å². The lowest BCUT2D eigenvalue weighted by molar-refractivity contribution is 0.184. The SMILES string of the molecule is COCc1cccc(OCc2nc(Cl)c3ccsc3n2)c1. The maximum absolute atomic E-state index is 6.14. The van der Waals surface area contributed by atoms with Crippen molar-refractivity contribution < 1.29 is 9.47 Å². The minimum atomic E-state index is 0.282. The molecule has 0 fully saturated rings. The molecule has 0 N–H and O–H groups in total. The van der Waals surface area contributed by atoms with E-state index >= 15 is 0 Å². The van der Waals surface area contributed by atoms with Crippen LogP contribution in [0.15, 0.2) is 35.7 Å². The lowest BCUT2D eigenvalue weighted by Crippen LogP contribution is -2.02. The first-order valence-corrected chi connectivity index (χ1v) is 7.62. The standard InChI is InChI=1S/C15H13ClN2O2S/c1-19-8-10-3-2-4-11(7-10)20-9-13-17-14(16)12-5-6-21-15(12)18-13/h2-7H,8-9H2,1H3. The van der Waals surface area contributed by atoms with Gasteiger partial charge >= 0.3 is 0 Å². The Morgan fingerprint density at radius 1 is 1.19 bits per heavy atom. The fourth-order valence-electron chi connectivity index (χ4n) is 1.96. The minimum Gasteiger partial charge on any atom is -0.486 e. The summed E-state index contributed by atoms with van der Waals surface area (Å²) >= 11 is 7.67. The van der Waals surface area contributed by atoms with Gasteiger partial charge in [-0.25, -0.2) is 9.97 Å². The summed E-state index contributed by atoms with van der Waals surface area (Å²) in [5.41, 5.74) is 1.06. The minimum absolute atomic E-state index is 0.282. The Morgan fingerprint density at radius 3 is 2.95 bits per heavy atom. The molecule has 0 aliphatic carbocycles. The number of hydrogen-bond acceptors (Lipinski definition) is 5. The molecule has 6 heteroatoms. The fourth-order valence-corrected chi connectivity index (χ4v) is 3.05. The molecule has 3 rings (SSSR count). The number of fused-ring (bicyclic) bond motifs is 1. The van der Waals surface area contributed by atoms with Crippen LogP contribution >= 0.6 is 22.9 Å². The summed E-state index contributed by atoms with van der Waals surface area (Å²) in [4.78, 5) is 9.58. The second-order valence-electron chi connectivity index (χ2n) is 4.44. The van der Waals surface area contributed by atoms with Gasteiger partial charge in [0, 0.05) is 12.5 Å². The third kappa shape index (κ3) is 3.32. The topological polar surface area (TPSA) is 44.2 Å². The highest BCUT2D eigenvalue weighted by molar-refractivity contribution is 7.16.